The molecule has 0 N–H and O–H groups in total. The van der Waals surface area contributed by atoms with Crippen molar-refractivity contribution < 1.29 is 18.3 Å². The predicted octanol–water partition coefficient (Wildman–Crippen LogP) is 3.05. The minimum Gasteiger partial charge on any atom is -0.497 e. The van der Waals surface area contributed by atoms with Crippen LogP contribution in [0.4, 0.5) is 4.39 Å². The molecule has 0 saturated heterocycles. The molecule has 0 saturated carbocycles. The second-order valence-electron chi connectivity index (χ2n) is 4.10. The first kappa shape index (κ1) is 12.4. The lowest BCUT2D eigenvalue weighted by molar-refractivity contribution is 0.394. The van der Waals surface area contributed by atoms with Gasteiger partial charge in [-0.3, -0.25) is 0 Å². The number of benzene rings is 1. The first-order valence-corrected chi connectivity index (χ1v) is 5.85. The normalized spacial score (nSPS) is 10.8. The average molecular weight is 274 g/mol. The highest BCUT2D eigenvalue weighted by Crippen LogP contribution is 2.30. The number of pyridine rings is 1. The molecule has 0 bridgehead atoms. The maximum atomic E-state index is 13.1. The van der Waals surface area contributed by atoms with E-state index in [1.807, 2.05) is 0 Å². The van der Waals surface area contributed by atoms with E-state index >= 15 is 0 Å². The number of fused-ring (bicyclic) bond motifs is 1. The lowest BCUT2D eigenvalue weighted by Gasteiger charge is -2.05. The first-order valence-electron chi connectivity index (χ1n) is 5.85. The Morgan fingerprint density at radius 2 is 1.75 bits per heavy atom. The molecule has 0 atom stereocenters. The summed E-state index contributed by atoms with van der Waals surface area (Å²) in [6.45, 7) is 0. The van der Waals surface area contributed by atoms with Gasteiger partial charge in [0.25, 0.3) is 0 Å². The summed E-state index contributed by atoms with van der Waals surface area (Å²) in [7, 11) is 3.11. The summed E-state index contributed by atoms with van der Waals surface area (Å²) < 4.78 is 29.0. The summed E-state index contributed by atoms with van der Waals surface area (Å²) in [5.74, 6) is 1.09. The third kappa shape index (κ3) is 2.16. The number of hydrogen-bond donors (Lipinski definition) is 0. The molecular weight excluding hydrogens is 263 g/mol. The number of methoxy groups -OCH3 is 2. The third-order valence-electron chi connectivity index (χ3n) is 2.81. The van der Waals surface area contributed by atoms with Crippen molar-refractivity contribution in [2.75, 3.05) is 14.2 Å². The summed E-state index contributed by atoms with van der Waals surface area (Å²) in [5.41, 5.74) is 1.31. The van der Waals surface area contributed by atoms with E-state index < -0.39 is 5.82 Å². The number of nitrogens with zero attached hydrogens (tertiary/aromatic N) is 2. The Morgan fingerprint density at radius 1 is 1.05 bits per heavy atom. The fraction of sp³-hybridized carbons (Fsp3) is 0.143. The van der Waals surface area contributed by atoms with Crippen LogP contribution >= 0.6 is 0 Å². The number of oxazole rings is 1. The van der Waals surface area contributed by atoms with Crippen molar-refractivity contribution in [2.24, 2.45) is 0 Å². The number of rotatable bonds is 3. The molecule has 0 radical (unpaired) electrons. The van der Waals surface area contributed by atoms with E-state index in [-0.39, 0.29) is 5.71 Å². The van der Waals surface area contributed by atoms with Crippen molar-refractivity contribution in [1.82, 2.24) is 9.97 Å². The van der Waals surface area contributed by atoms with E-state index in [1.165, 1.54) is 6.07 Å². The Morgan fingerprint density at radius 3 is 2.40 bits per heavy atom. The fourth-order valence-corrected chi connectivity index (χ4v) is 1.85. The fourth-order valence-electron chi connectivity index (χ4n) is 1.85. The molecule has 3 aromatic rings. The number of ether oxygens (including phenoxy) is 2. The maximum absolute atomic E-state index is 13.1. The summed E-state index contributed by atoms with van der Waals surface area (Å²) in [4.78, 5) is 8.06. The van der Waals surface area contributed by atoms with Gasteiger partial charge in [0.15, 0.2) is 0 Å². The summed E-state index contributed by atoms with van der Waals surface area (Å²) in [6, 6.07) is 6.52. The Hall–Kier alpha value is -2.63. The average Bonchev–Trinajstić information content (AvgIpc) is 2.89. The summed E-state index contributed by atoms with van der Waals surface area (Å²) in [5, 5.41) is 0. The van der Waals surface area contributed by atoms with Gasteiger partial charge in [-0.25, -0.2) is 14.4 Å². The van der Waals surface area contributed by atoms with E-state index in [2.05, 4.69) is 9.97 Å². The van der Waals surface area contributed by atoms with Crippen LogP contribution in [-0.4, -0.2) is 24.2 Å². The maximum Gasteiger partial charge on any atom is 0.247 e. The second-order valence-corrected chi connectivity index (χ2v) is 4.10. The van der Waals surface area contributed by atoms with Gasteiger partial charge >= 0.3 is 0 Å². The van der Waals surface area contributed by atoms with E-state index in [0.29, 0.717) is 28.5 Å². The van der Waals surface area contributed by atoms with Crippen LogP contribution in [-0.2, 0) is 0 Å². The number of aromatic nitrogens is 2. The molecule has 2 aromatic heterocycles. The Kier molecular flexibility index (Phi) is 2.98. The molecule has 3 rings (SSSR count). The topological polar surface area (TPSA) is 57.4 Å². The quantitative estimate of drug-likeness (QED) is 0.734. The van der Waals surface area contributed by atoms with Gasteiger partial charge in [0, 0.05) is 17.7 Å². The zero-order chi connectivity index (χ0) is 14.1. The van der Waals surface area contributed by atoms with Crippen LogP contribution in [0.15, 0.2) is 34.9 Å². The molecule has 0 unspecified atom stereocenters. The number of hydrogen-bond acceptors (Lipinski definition) is 5. The van der Waals surface area contributed by atoms with Gasteiger partial charge in [-0.15, -0.1) is 0 Å². The van der Waals surface area contributed by atoms with E-state index in [1.54, 1.807) is 32.4 Å². The van der Waals surface area contributed by atoms with Crippen LogP contribution in [0.3, 0.4) is 0 Å². The molecule has 0 amide bonds. The Balaban J connectivity index is 2.14. The largest absolute Gasteiger partial charge is 0.497 e. The van der Waals surface area contributed by atoms with E-state index in [4.69, 9.17) is 13.9 Å². The molecule has 102 valence electrons. The lowest BCUT2D eigenvalue weighted by atomic mass is 10.2. The predicted molar refractivity (Wildman–Crippen MR) is 70.3 cm³/mol. The molecule has 20 heavy (non-hydrogen) atoms. The molecule has 0 aliphatic heterocycles. The van der Waals surface area contributed by atoms with Gasteiger partial charge < -0.3 is 13.9 Å². The van der Waals surface area contributed by atoms with Gasteiger partial charge in [0.05, 0.1) is 20.4 Å². The van der Waals surface area contributed by atoms with Gasteiger partial charge in [-0.1, -0.05) is 0 Å². The van der Waals surface area contributed by atoms with Crippen LogP contribution in [0.5, 0.6) is 11.5 Å². The zero-order valence-electron chi connectivity index (χ0n) is 10.9. The van der Waals surface area contributed by atoms with Crippen molar-refractivity contribution >= 4 is 11.2 Å². The third-order valence-corrected chi connectivity index (χ3v) is 2.81. The molecule has 1 aromatic carbocycles. The molecule has 2 heterocycles. The van der Waals surface area contributed by atoms with Crippen LogP contribution in [0, 0.1) is 5.82 Å². The first-order chi connectivity index (χ1) is 9.69. The molecule has 0 spiro atoms. The summed E-state index contributed by atoms with van der Waals surface area (Å²) in [6.07, 6.45) is 1.09. The zero-order valence-corrected chi connectivity index (χ0v) is 10.9. The standard InChI is InChI=1S/C14H11FN2O3/c1-18-10-3-8(4-11(6-10)19-2)13-17-12-5-9(15)7-16-14(12)20-13/h3-7H,1-2H3. The second kappa shape index (κ2) is 4.80. The number of halogens is 1. The van der Waals surface area contributed by atoms with E-state index in [9.17, 15) is 4.39 Å². The van der Waals surface area contributed by atoms with Crippen molar-refractivity contribution in [1.29, 1.82) is 0 Å². The SMILES string of the molecule is COc1cc(OC)cc(-c2nc3cc(F)cnc3o2)c1. The van der Waals surface area contributed by atoms with Crippen LogP contribution in [0.1, 0.15) is 0 Å². The van der Waals surface area contributed by atoms with E-state index in [0.717, 1.165) is 6.20 Å². The van der Waals surface area contributed by atoms with Gasteiger partial charge in [-0.2, -0.15) is 0 Å². The van der Waals surface area contributed by atoms with Gasteiger partial charge in [-0.05, 0) is 12.1 Å². The minimum atomic E-state index is -0.458. The molecule has 0 aliphatic rings. The molecule has 0 aliphatic carbocycles. The van der Waals surface area contributed by atoms with Crippen molar-refractivity contribution in [3.05, 3.63) is 36.3 Å². The highest BCUT2D eigenvalue weighted by atomic mass is 19.1. The molecule has 5 nitrogen and oxygen atoms in total. The van der Waals surface area contributed by atoms with Crippen molar-refractivity contribution in [3.8, 4) is 23.0 Å². The van der Waals surface area contributed by atoms with Crippen molar-refractivity contribution in [2.45, 2.75) is 0 Å². The highest BCUT2D eigenvalue weighted by molar-refractivity contribution is 5.73. The Labute approximate surface area is 114 Å². The van der Waals surface area contributed by atoms with Gasteiger partial charge in [0.1, 0.15) is 22.8 Å². The monoisotopic (exact) mass is 274 g/mol. The molecule has 0 fully saturated rings. The van der Waals surface area contributed by atoms with Crippen LogP contribution in [0.25, 0.3) is 22.7 Å². The van der Waals surface area contributed by atoms with Crippen LogP contribution < -0.4 is 9.47 Å². The minimum absolute atomic E-state index is 0.281. The smallest absolute Gasteiger partial charge is 0.247 e. The summed E-state index contributed by atoms with van der Waals surface area (Å²) >= 11 is 0. The Bertz CT molecular complexity index is 748. The van der Waals surface area contributed by atoms with Gasteiger partial charge in [0.2, 0.25) is 11.6 Å². The van der Waals surface area contributed by atoms with Crippen molar-refractivity contribution in [3.63, 3.8) is 0 Å². The lowest BCUT2D eigenvalue weighted by Crippen LogP contribution is -1.88. The molecule has 6 heteroatoms. The highest BCUT2D eigenvalue weighted by Gasteiger charge is 2.12. The van der Waals surface area contributed by atoms with Crippen LogP contribution in [0.2, 0.25) is 0 Å². The molecular formula is C14H11FN2O3.